The van der Waals surface area contributed by atoms with Gasteiger partial charge in [-0.25, -0.2) is 0 Å². The zero-order chi connectivity index (χ0) is 20.6. The number of hydrogen-bond acceptors (Lipinski definition) is 6. The Kier molecular flexibility index (Phi) is 7.88. The quantitative estimate of drug-likeness (QED) is 0.675. The second-order valence-corrected chi connectivity index (χ2v) is 8.91. The number of benzene rings is 1. The standard InChI is InChI=1S/C20H25N3O4S2/c1-27-19(26)11-23-15-9-5-6-10-16(15)29-20(23)22-18(25)13-28-12-17(24)21-14-7-3-2-4-8-14/h5-6,9-10,14H,2-4,7-8,11-13H2,1H3,(H,21,24). The number of nitrogens with zero attached hydrogens (tertiary/aromatic N) is 2. The number of nitrogens with one attached hydrogen (secondary N) is 1. The number of ether oxygens (including phenoxy) is 1. The van der Waals surface area contributed by atoms with Gasteiger partial charge in [0.15, 0.2) is 4.80 Å². The molecule has 0 unspecified atom stereocenters. The third-order valence-corrected chi connectivity index (χ3v) is 6.73. The first-order valence-corrected chi connectivity index (χ1v) is 11.6. The van der Waals surface area contributed by atoms with Crippen LogP contribution in [0.3, 0.4) is 0 Å². The number of fused-ring (bicyclic) bond motifs is 1. The highest BCUT2D eigenvalue weighted by Crippen LogP contribution is 2.18. The van der Waals surface area contributed by atoms with Crippen molar-refractivity contribution in [1.82, 2.24) is 9.88 Å². The van der Waals surface area contributed by atoms with Crippen LogP contribution in [0, 0.1) is 0 Å². The van der Waals surface area contributed by atoms with E-state index in [-0.39, 0.29) is 35.9 Å². The van der Waals surface area contributed by atoms with E-state index in [0.717, 1.165) is 35.9 Å². The summed E-state index contributed by atoms with van der Waals surface area (Å²) in [6.45, 7) is -0.0104. The monoisotopic (exact) mass is 435 g/mol. The Balaban J connectivity index is 1.61. The highest BCUT2D eigenvalue weighted by Gasteiger charge is 2.16. The highest BCUT2D eigenvalue weighted by atomic mass is 32.2. The Morgan fingerprint density at radius 1 is 1.21 bits per heavy atom. The Morgan fingerprint density at radius 2 is 1.97 bits per heavy atom. The second-order valence-electron chi connectivity index (χ2n) is 6.92. The summed E-state index contributed by atoms with van der Waals surface area (Å²) in [6.07, 6.45) is 5.64. The summed E-state index contributed by atoms with van der Waals surface area (Å²) in [5.41, 5.74) is 0.828. The third kappa shape index (κ3) is 6.17. The van der Waals surface area contributed by atoms with Gasteiger partial charge < -0.3 is 14.6 Å². The Bertz CT molecular complexity index is 945. The average Bonchev–Trinajstić information content (AvgIpc) is 3.05. The topological polar surface area (TPSA) is 89.8 Å². The Labute approximate surface area is 177 Å². The van der Waals surface area contributed by atoms with Gasteiger partial charge in [0.25, 0.3) is 5.91 Å². The number of carbonyl (C=O) groups is 3. The number of amides is 2. The van der Waals surface area contributed by atoms with E-state index in [1.807, 2.05) is 24.3 Å². The smallest absolute Gasteiger partial charge is 0.325 e. The SMILES string of the molecule is COC(=O)Cn1c(=NC(=O)CSCC(=O)NC2CCCCC2)sc2ccccc21. The minimum atomic E-state index is -0.406. The first kappa shape index (κ1) is 21.6. The van der Waals surface area contributed by atoms with Crippen molar-refractivity contribution >= 4 is 51.1 Å². The molecule has 0 aliphatic heterocycles. The maximum Gasteiger partial charge on any atom is 0.325 e. The minimum Gasteiger partial charge on any atom is -0.468 e. The zero-order valence-corrected chi connectivity index (χ0v) is 18.0. The number of thioether (sulfide) groups is 1. The van der Waals surface area contributed by atoms with Gasteiger partial charge in [0.2, 0.25) is 5.91 Å². The number of methoxy groups -OCH3 is 1. The van der Waals surface area contributed by atoms with Crippen LogP contribution in [0.1, 0.15) is 32.1 Å². The number of hydrogen-bond donors (Lipinski definition) is 1. The van der Waals surface area contributed by atoms with Crippen LogP contribution in [0.2, 0.25) is 0 Å². The van der Waals surface area contributed by atoms with Gasteiger partial charge in [-0.2, -0.15) is 4.99 Å². The third-order valence-electron chi connectivity index (χ3n) is 4.75. The van der Waals surface area contributed by atoms with Crippen LogP contribution in [0.15, 0.2) is 29.3 Å². The van der Waals surface area contributed by atoms with Crippen molar-refractivity contribution in [1.29, 1.82) is 0 Å². The summed E-state index contributed by atoms with van der Waals surface area (Å²) in [7, 11) is 1.33. The predicted octanol–water partition coefficient (Wildman–Crippen LogP) is 2.49. The van der Waals surface area contributed by atoms with Gasteiger partial charge in [-0.1, -0.05) is 42.7 Å². The number of aromatic nitrogens is 1. The fourth-order valence-corrected chi connectivity index (χ4v) is 5.00. The number of rotatable bonds is 7. The van der Waals surface area contributed by atoms with Crippen molar-refractivity contribution < 1.29 is 19.1 Å². The van der Waals surface area contributed by atoms with Crippen molar-refractivity contribution in [2.45, 2.75) is 44.7 Å². The molecular formula is C20H25N3O4S2. The maximum absolute atomic E-state index is 12.3. The first-order valence-electron chi connectivity index (χ1n) is 9.66. The second kappa shape index (κ2) is 10.6. The lowest BCUT2D eigenvalue weighted by Gasteiger charge is -2.22. The van der Waals surface area contributed by atoms with Gasteiger partial charge >= 0.3 is 5.97 Å². The molecular weight excluding hydrogens is 410 g/mol. The lowest BCUT2D eigenvalue weighted by molar-refractivity contribution is -0.141. The van der Waals surface area contributed by atoms with E-state index in [9.17, 15) is 14.4 Å². The average molecular weight is 436 g/mol. The van der Waals surface area contributed by atoms with Crippen molar-refractivity contribution in [3.05, 3.63) is 29.1 Å². The number of carbonyl (C=O) groups excluding carboxylic acids is 3. The van der Waals surface area contributed by atoms with Crippen LogP contribution in [-0.2, 0) is 25.7 Å². The number of thiazole rings is 1. The van der Waals surface area contributed by atoms with Gasteiger partial charge in [-0.3, -0.25) is 14.4 Å². The van der Waals surface area contributed by atoms with Gasteiger partial charge in [-0.05, 0) is 25.0 Å². The van der Waals surface area contributed by atoms with E-state index in [2.05, 4.69) is 10.3 Å². The van der Waals surface area contributed by atoms with Crippen LogP contribution in [0.4, 0.5) is 0 Å². The summed E-state index contributed by atoms with van der Waals surface area (Å²) >= 11 is 2.60. The molecule has 1 aromatic heterocycles. The molecule has 1 saturated carbocycles. The van der Waals surface area contributed by atoms with E-state index >= 15 is 0 Å². The molecule has 2 amide bonds. The fraction of sp³-hybridized carbons (Fsp3) is 0.500. The highest BCUT2D eigenvalue weighted by molar-refractivity contribution is 8.00. The lowest BCUT2D eigenvalue weighted by atomic mass is 9.95. The minimum absolute atomic E-state index is 0.0104. The maximum atomic E-state index is 12.3. The molecule has 7 nitrogen and oxygen atoms in total. The van der Waals surface area contributed by atoms with E-state index in [0.29, 0.717) is 4.80 Å². The van der Waals surface area contributed by atoms with Crippen LogP contribution in [0.5, 0.6) is 0 Å². The summed E-state index contributed by atoms with van der Waals surface area (Å²) in [4.78, 5) is 40.8. The van der Waals surface area contributed by atoms with Crippen LogP contribution >= 0.6 is 23.1 Å². The Morgan fingerprint density at radius 3 is 2.72 bits per heavy atom. The molecule has 2 aromatic rings. The van der Waals surface area contributed by atoms with Crippen LogP contribution < -0.4 is 10.1 Å². The fourth-order valence-electron chi connectivity index (χ4n) is 3.34. The van der Waals surface area contributed by atoms with Gasteiger partial charge in [0.05, 0.1) is 28.8 Å². The molecule has 1 aliphatic rings. The normalized spacial score (nSPS) is 15.4. The summed E-state index contributed by atoms with van der Waals surface area (Å²) < 4.78 is 7.37. The summed E-state index contributed by atoms with van der Waals surface area (Å²) in [5, 5.41) is 3.04. The molecule has 0 bridgehead atoms. The van der Waals surface area contributed by atoms with E-state index in [4.69, 9.17) is 4.74 Å². The number of para-hydroxylation sites is 1. The predicted molar refractivity (Wildman–Crippen MR) is 115 cm³/mol. The van der Waals surface area contributed by atoms with Crippen molar-refractivity contribution in [3.63, 3.8) is 0 Å². The lowest BCUT2D eigenvalue weighted by Crippen LogP contribution is -2.37. The van der Waals surface area contributed by atoms with Crippen LogP contribution in [0.25, 0.3) is 10.2 Å². The molecule has 3 rings (SSSR count). The largest absolute Gasteiger partial charge is 0.468 e. The van der Waals surface area contributed by atoms with Crippen LogP contribution in [-0.4, -0.2) is 47.0 Å². The van der Waals surface area contributed by atoms with E-state index < -0.39 is 5.97 Å². The van der Waals surface area contributed by atoms with Gasteiger partial charge in [0, 0.05) is 6.04 Å². The molecule has 156 valence electrons. The molecule has 29 heavy (non-hydrogen) atoms. The molecule has 1 fully saturated rings. The molecule has 9 heteroatoms. The van der Waals surface area contributed by atoms with Crippen molar-refractivity contribution in [2.75, 3.05) is 18.6 Å². The summed E-state index contributed by atoms with van der Waals surface area (Å²) in [6, 6.07) is 7.83. The van der Waals surface area contributed by atoms with E-state index in [1.165, 1.54) is 36.6 Å². The van der Waals surface area contributed by atoms with E-state index in [1.54, 1.807) is 4.57 Å². The molecule has 0 spiro atoms. The van der Waals surface area contributed by atoms with Crippen molar-refractivity contribution in [3.8, 4) is 0 Å². The van der Waals surface area contributed by atoms with Gasteiger partial charge in [0.1, 0.15) is 6.54 Å². The summed E-state index contributed by atoms with van der Waals surface area (Å²) in [5.74, 6) is -0.407. The molecule has 0 atom stereocenters. The van der Waals surface area contributed by atoms with Gasteiger partial charge in [-0.15, -0.1) is 11.8 Å². The molecule has 1 aromatic carbocycles. The first-order chi connectivity index (χ1) is 14.1. The molecule has 0 radical (unpaired) electrons. The molecule has 1 heterocycles. The molecule has 1 aliphatic carbocycles. The molecule has 0 saturated heterocycles. The zero-order valence-electron chi connectivity index (χ0n) is 16.4. The molecule has 1 N–H and O–H groups in total. The number of esters is 1. The Hall–Kier alpha value is -2.13. The van der Waals surface area contributed by atoms with Crippen molar-refractivity contribution in [2.24, 2.45) is 4.99 Å².